The number of nitrogens with zero attached hydrogens (tertiary/aromatic N) is 4. The highest BCUT2D eigenvalue weighted by Gasteiger charge is 2.24. The maximum Gasteiger partial charge on any atom is 0.335 e. The van der Waals surface area contributed by atoms with Crippen molar-refractivity contribution in [1.82, 2.24) is 14.5 Å². The fourth-order valence-electron chi connectivity index (χ4n) is 4.84. The fourth-order valence-corrected chi connectivity index (χ4v) is 4.84. The summed E-state index contributed by atoms with van der Waals surface area (Å²) in [4.78, 5) is 20.6. The van der Waals surface area contributed by atoms with Crippen molar-refractivity contribution in [2.75, 3.05) is 6.61 Å². The molecule has 3 heterocycles. The number of aromatic carboxylic acids is 1. The third-order valence-corrected chi connectivity index (χ3v) is 7.21. The maximum absolute atomic E-state index is 14.8. The number of hydrogen-bond donors (Lipinski definition) is 1. The van der Waals surface area contributed by atoms with Gasteiger partial charge in [-0.3, -0.25) is 0 Å². The highest BCUT2D eigenvalue weighted by molar-refractivity contribution is 5.92. The van der Waals surface area contributed by atoms with Gasteiger partial charge in [-0.1, -0.05) is 36.4 Å². The molecule has 1 aliphatic rings. The van der Waals surface area contributed by atoms with Gasteiger partial charge in [-0.2, -0.15) is 5.26 Å². The average Bonchev–Trinajstić information content (AvgIpc) is 3.31. The molecular formula is C32H24F2N4O4. The molecular weight excluding hydrogens is 542 g/mol. The minimum atomic E-state index is -1.20. The Morgan fingerprint density at radius 2 is 1.88 bits per heavy atom. The lowest BCUT2D eigenvalue weighted by atomic mass is 10.1. The number of carboxylic acids is 1. The Morgan fingerprint density at radius 3 is 2.57 bits per heavy atom. The van der Waals surface area contributed by atoms with Crippen molar-refractivity contribution in [2.24, 2.45) is 0 Å². The summed E-state index contributed by atoms with van der Waals surface area (Å²) in [5.41, 5.74) is 3.41. The molecule has 0 saturated carbocycles. The normalized spacial score (nSPS) is 14.4. The van der Waals surface area contributed by atoms with E-state index in [-0.39, 0.29) is 29.4 Å². The van der Waals surface area contributed by atoms with Gasteiger partial charge in [-0.15, -0.1) is 0 Å². The number of hydrogen-bond acceptors (Lipinski definition) is 6. The highest BCUT2D eigenvalue weighted by atomic mass is 19.1. The van der Waals surface area contributed by atoms with Crippen LogP contribution in [-0.4, -0.2) is 38.3 Å². The van der Waals surface area contributed by atoms with Crippen molar-refractivity contribution in [1.29, 1.82) is 5.26 Å². The SMILES string of the molecule is N#Cc1ccc(COc2cccc(-c3ccc(Cc4nc5c(F)cc(C(=O)O)cc5n4C[C@@H]4CCO4)cc3)n2)c(F)c1. The molecule has 10 heteroatoms. The summed E-state index contributed by atoms with van der Waals surface area (Å²) in [6, 6.07) is 21.6. The molecule has 1 saturated heterocycles. The number of pyridine rings is 1. The highest BCUT2D eigenvalue weighted by Crippen LogP contribution is 2.27. The maximum atomic E-state index is 14.8. The third-order valence-electron chi connectivity index (χ3n) is 7.21. The van der Waals surface area contributed by atoms with Crippen LogP contribution < -0.4 is 4.74 Å². The Balaban J connectivity index is 1.21. The molecule has 0 aliphatic carbocycles. The Kier molecular flexibility index (Phi) is 7.33. The Labute approximate surface area is 239 Å². The second kappa shape index (κ2) is 11.4. The van der Waals surface area contributed by atoms with E-state index in [9.17, 15) is 18.7 Å². The molecule has 5 aromatic rings. The molecule has 0 spiro atoms. The summed E-state index contributed by atoms with van der Waals surface area (Å²) in [7, 11) is 0. The zero-order valence-corrected chi connectivity index (χ0v) is 22.3. The van der Waals surface area contributed by atoms with E-state index in [1.54, 1.807) is 12.1 Å². The van der Waals surface area contributed by atoms with E-state index in [4.69, 9.17) is 14.7 Å². The van der Waals surface area contributed by atoms with Crippen molar-refractivity contribution in [3.63, 3.8) is 0 Å². The third kappa shape index (κ3) is 5.55. The molecule has 210 valence electrons. The number of carbonyl (C=O) groups is 1. The number of benzene rings is 3. The summed E-state index contributed by atoms with van der Waals surface area (Å²) in [6.07, 6.45) is 1.23. The number of nitriles is 1. The number of fused-ring (bicyclic) bond motifs is 1. The summed E-state index contributed by atoms with van der Waals surface area (Å²) >= 11 is 0. The second-order valence-electron chi connectivity index (χ2n) is 9.99. The van der Waals surface area contributed by atoms with Crippen molar-refractivity contribution in [2.45, 2.75) is 32.1 Å². The second-order valence-corrected chi connectivity index (χ2v) is 9.99. The Bertz CT molecular complexity index is 1840. The molecule has 1 aliphatic heterocycles. The number of halogens is 2. The molecule has 42 heavy (non-hydrogen) atoms. The molecule has 6 rings (SSSR count). The van der Waals surface area contributed by atoms with Gasteiger partial charge >= 0.3 is 5.97 Å². The van der Waals surface area contributed by atoms with Crippen molar-refractivity contribution in [3.8, 4) is 23.2 Å². The van der Waals surface area contributed by atoms with Crippen molar-refractivity contribution < 1.29 is 28.2 Å². The predicted octanol–water partition coefficient (Wildman–Crippen LogP) is 5.91. The van der Waals surface area contributed by atoms with Crippen molar-refractivity contribution in [3.05, 3.63) is 113 Å². The first-order valence-electron chi connectivity index (χ1n) is 13.3. The first-order valence-corrected chi connectivity index (χ1v) is 13.3. The lowest BCUT2D eigenvalue weighted by molar-refractivity contribution is -0.0589. The number of aromatic nitrogens is 3. The van der Waals surface area contributed by atoms with Gasteiger partial charge < -0.3 is 19.1 Å². The molecule has 0 unspecified atom stereocenters. The lowest BCUT2D eigenvalue weighted by Gasteiger charge is -2.27. The van der Waals surface area contributed by atoms with E-state index < -0.39 is 17.6 Å². The van der Waals surface area contributed by atoms with Crippen LogP contribution in [0.25, 0.3) is 22.3 Å². The van der Waals surface area contributed by atoms with E-state index in [0.29, 0.717) is 48.1 Å². The van der Waals surface area contributed by atoms with E-state index in [1.807, 2.05) is 41.0 Å². The first kappa shape index (κ1) is 27.1. The molecule has 8 nitrogen and oxygen atoms in total. The van der Waals surface area contributed by atoms with Gasteiger partial charge in [0.1, 0.15) is 23.8 Å². The minimum Gasteiger partial charge on any atom is -0.478 e. The quantitative estimate of drug-likeness (QED) is 0.236. The van der Waals surface area contributed by atoms with E-state index in [1.165, 1.54) is 24.3 Å². The monoisotopic (exact) mass is 566 g/mol. The van der Waals surface area contributed by atoms with Gasteiger partial charge in [0.05, 0.1) is 41.1 Å². The van der Waals surface area contributed by atoms with Crippen LogP contribution in [0, 0.1) is 23.0 Å². The number of imidazole rings is 1. The molecule has 0 amide bonds. The molecule has 3 aromatic carbocycles. The summed E-state index contributed by atoms with van der Waals surface area (Å²) < 4.78 is 42.2. The molecule has 1 atom stereocenters. The van der Waals surface area contributed by atoms with Crippen LogP contribution in [0.1, 0.15) is 39.3 Å². The van der Waals surface area contributed by atoms with Gasteiger partial charge in [-0.05, 0) is 42.3 Å². The smallest absolute Gasteiger partial charge is 0.335 e. The summed E-state index contributed by atoms with van der Waals surface area (Å²) in [6.45, 7) is 1.08. The van der Waals surface area contributed by atoms with Crippen LogP contribution in [0.5, 0.6) is 5.88 Å². The molecule has 0 bridgehead atoms. The van der Waals surface area contributed by atoms with Crippen LogP contribution in [0.3, 0.4) is 0 Å². The van der Waals surface area contributed by atoms with Crippen LogP contribution in [0.2, 0.25) is 0 Å². The minimum absolute atomic E-state index is 0.0333. The number of rotatable bonds is 9. The summed E-state index contributed by atoms with van der Waals surface area (Å²) in [5.74, 6) is -1.46. The van der Waals surface area contributed by atoms with E-state index in [0.717, 1.165) is 23.6 Å². The first-order chi connectivity index (χ1) is 20.4. The largest absolute Gasteiger partial charge is 0.478 e. The molecule has 2 aromatic heterocycles. The van der Waals surface area contributed by atoms with Gasteiger partial charge in [0.15, 0.2) is 5.82 Å². The number of ether oxygens (including phenoxy) is 2. The molecule has 0 radical (unpaired) electrons. The van der Waals surface area contributed by atoms with Crippen LogP contribution in [0.15, 0.2) is 72.8 Å². The van der Waals surface area contributed by atoms with E-state index >= 15 is 0 Å². The van der Waals surface area contributed by atoms with Gasteiger partial charge in [0.25, 0.3) is 0 Å². The zero-order valence-electron chi connectivity index (χ0n) is 22.3. The average molecular weight is 567 g/mol. The van der Waals surface area contributed by atoms with Gasteiger partial charge in [0.2, 0.25) is 5.88 Å². The van der Waals surface area contributed by atoms with Gasteiger partial charge in [0, 0.05) is 30.2 Å². The van der Waals surface area contributed by atoms with Gasteiger partial charge in [-0.25, -0.2) is 23.5 Å². The molecule has 1 N–H and O–H groups in total. The predicted molar refractivity (Wildman–Crippen MR) is 149 cm³/mol. The standard InChI is InChI=1S/C32H24F2N4O4/c33-25-12-20(16-35)6-9-22(25)18-42-30-3-1-2-27(36-30)21-7-4-19(5-8-21)13-29-37-31-26(34)14-23(32(39)40)15-28(31)38(29)17-24-10-11-41-24/h1-9,12,14-15,24H,10-11,13,17-18H2,(H,39,40)/t24-/m0/s1. The Morgan fingerprint density at radius 1 is 1.07 bits per heavy atom. The van der Waals surface area contributed by atoms with Crippen LogP contribution in [0.4, 0.5) is 8.78 Å². The van der Waals surface area contributed by atoms with E-state index in [2.05, 4.69) is 9.97 Å². The van der Waals surface area contributed by atoms with Crippen LogP contribution in [-0.2, 0) is 24.3 Å². The Hall–Kier alpha value is -5.14. The topological polar surface area (TPSA) is 110 Å². The lowest BCUT2D eigenvalue weighted by Crippen LogP contribution is -2.31. The zero-order chi connectivity index (χ0) is 29.2. The number of carboxylic acid groups (broad SMARTS) is 1. The summed E-state index contributed by atoms with van der Waals surface area (Å²) in [5, 5.41) is 18.3. The fraction of sp³-hybridized carbons (Fsp3) is 0.188. The van der Waals surface area contributed by atoms with Crippen LogP contribution >= 0.6 is 0 Å². The molecule has 1 fully saturated rings. The van der Waals surface area contributed by atoms with Crippen molar-refractivity contribution >= 4 is 17.0 Å².